The zero-order valence-corrected chi connectivity index (χ0v) is 17.2. The first-order chi connectivity index (χ1) is 14.0. The van der Waals surface area contributed by atoms with Crippen LogP contribution in [-0.4, -0.2) is 43.2 Å². The van der Waals surface area contributed by atoms with Gasteiger partial charge in [0.25, 0.3) is 0 Å². The van der Waals surface area contributed by atoms with Crippen LogP contribution >= 0.6 is 0 Å². The molecular formula is C22H25N3O3S. The van der Waals surface area contributed by atoms with Crippen LogP contribution in [0.1, 0.15) is 18.9 Å². The van der Waals surface area contributed by atoms with Gasteiger partial charge < -0.3 is 5.32 Å². The van der Waals surface area contributed by atoms with Gasteiger partial charge in [-0.05, 0) is 30.5 Å². The Morgan fingerprint density at radius 2 is 1.86 bits per heavy atom. The second kappa shape index (κ2) is 9.62. The molecule has 0 saturated heterocycles. The molecule has 1 heterocycles. The molecule has 3 aromatic rings. The minimum Gasteiger partial charge on any atom is -0.355 e. The summed E-state index contributed by atoms with van der Waals surface area (Å²) in [5.74, 6) is -0.306. The fourth-order valence-electron chi connectivity index (χ4n) is 3.20. The lowest BCUT2D eigenvalue weighted by Crippen LogP contribution is -2.41. The van der Waals surface area contributed by atoms with Crippen molar-refractivity contribution in [1.29, 1.82) is 0 Å². The van der Waals surface area contributed by atoms with E-state index in [1.807, 2.05) is 43.3 Å². The molecule has 0 fully saturated rings. The van der Waals surface area contributed by atoms with Crippen LogP contribution in [0.5, 0.6) is 0 Å². The second-order valence-corrected chi connectivity index (χ2v) is 8.68. The van der Waals surface area contributed by atoms with Crippen molar-refractivity contribution in [2.24, 2.45) is 0 Å². The summed E-state index contributed by atoms with van der Waals surface area (Å²) in [5, 5.41) is 4.18. The third kappa shape index (κ3) is 5.19. The van der Waals surface area contributed by atoms with Crippen molar-refractivity contribution in [2.75, 3.05) is 19.6 Å². The van der Waals surface area contributed by atoms with E-state index in [1.54, 1.807) is 30.6 Å². The van der Waals surface area contributed by atoms with Crippen molar-refractivity contribution in [3.8, 4) is 0 Å². The molecular weight excluding hydrogens is 386 g/mol. The van der Waals surface area contributed by atoms with Gasteiger partial charge in [-0.25, -0.2) is 8.42 Å². The molecule has 0 aliphatic rings. The summed E-state index contributed by atoms with van der Waals surface area (Å²) in [4.78, 5) is 16.7. The first kappa shape index (κ1) is 21.0. The van der Waals surface area contributed by atoms with Gasteiger partial charge in [-0.15, -0.1) is 0 Å². The van der Waals surface area contributed by atoms with Crippen LogP contribution in [0.15, 0.2) is 71.9 Å². The van der Waals surface area contributed by atoms with Crippen LogP contribution in [-0.2, 0) is 21.2 Å². The molecule has 152 valence electrons. The number of benzene rings is 2. The molecule has 2 aromatic carbocycles. The lowest BCUT2D eigenvalue weighted by molar-refractivity contribution is -0.121. The SMILES string of the molecule is CCCN(CC(=O)NCCc1ccccc1)S(=O)(=O)c1cccc2cnccc12. The average Bonchev–Trinajstić information content (AvgIpc) is 2.73. The Labute approximate surface area is 171 Å². The Balaban J connectivity index is 1.73. The average molecular weight is 412 g/mol. The number of nitrogens with one attached hydrogen (secondary N) is 1. The minimum absolute atomic E-state index is 0.197. The number of aromatic nitrogens is 1. The van der Waals surface area contributed by atoms with E-state index in [9.17, 15) is 13.2 Å². The molecule has 0 aliphatic heterocycles. The Morgan fingerprint density at radius 3 is 2.62 bits per heavy atom. The van der Waals surface area contributed by atoms with Gasteiger partial charge in [0.2, 0.25) is 15.9 Å². The number of pyridine rings is 1. The topological polar surface area (TPSA) is 79.4 Å². The monoisotopic (exact) mass is 411 g/mol. The normalized spacial score (nSPS) is 11.7. The van der Waals surface area contributed by atoms with Gasteiger partial charge >= 0.3 is 0 Å². The van der Waals surface area contributed by atoms with E-state index >= 15 is 0 Å². The van der Waals surface area contributed by atoms with Crippen LogP contribution < -0.4 is 5.32 Å². The van der Waals surface area contributed by atoms with Gasteiger partial charge in [-0.1, -0.05) is 49.4 Å². The minimum atomic E-state index is -3.82. The van der Waals surface area contributed by atoms with Crippen LogP contribution in [0.2, 0.25) is 0 Å². The fourth-order valence-corrected chi connectivity index (χ4v) is 4.90. The number of fused-ring (bicyclic) bond motifs is 1. The lowest BCUT2D eigenvalue weighted by atomic mass is 10.1. The number of hydrogen-bond donors (Lipinski definition) is 1. The molecule has 0 spiro atoms. The van der Waals surface area contributed by atoms with Crippen molar-refractivity contribution in [1.82, 2.24) is 14.6 Å². The van der Waals surface area contributed by atoms with Gasteiger partial charge in [0.05, 0.1) is 11.4 Å². The second-order valence-electron chi connectivity index (χ2n) is 6.78. The molecule has 0 unspecified atom stereocenters. The molecule has 1 aromatic heterocycles. The summed E-state index contributed by atoms with van der Waals surface area (Å²) in [7, 11) is -3.82. The molecule has 0 saturated carbocycles. The Bertz CT molecular complexity index is 1060. The molecule has 29 heavy (non-hydrogen) atoms. The number of rotatable bonds is 9. The Hall–Kier alpha value is -2.77. The highest BCUT2D eigenvalue weighted by atomic mass is 32.2. The van der Waals surface area contributed by atoms with E-state index in [4.69, 9.17) is 0 Å². The molecule has 0 atom stereocenters. The van der Waals surface area contributed by atoms with Gasteiger partial charge in [0.15, 0.2) is 0 Å². The number of sulfonamides is 1. The quantitative estimate of drug-likeness (QED) is 0.587. The summed E-state index contributed by atoms with van der Waals surface area (Å²) < 4.78 is 27.8. The molecule has 0 radical (unpaired) electrons. The van der Waals surface area contributed by atoms with E-state index in [-0.39, 0.29) is 23.9 Å². The van der Waals surface area contributed by atoms with Crippen molar-refractivity contribution < 1.29 is 13.2 Å². The van der Waals surface area contributed by atoms with Crippen LogP contribution in [0.3, 0.4) is 0 Å². The standard InChI is InChI=1S/C22H25N3O3S/c1-2-15-25(17-22(26)24-14-11-18-7-4-3-5-8-18)29(27,28)21-10-6-9-19-16-23-13-12-20(19)21/h3-10,12-13,16H,2,11,14-15,17H2,1H3,(H,24,26). The third-order valence-corrected chi connectivity index (χ3v) is 6.53. The van der Waals surface area contributed by atoms with E-state index < -0.39 is 10.0 Å². The van der Waals surface area contributed by atoms with Crippen molar-refractivity contribution in [3.05, 3.63) is 72.6 Å². The van der Waals surface area contributed by atoms with Crippen molar-refractivity contribution in [2.45, 2.75) is 24.7 Å². The Kier molecular flexibility index (Phi) is 6.95. The number of nitrogens with zero attached hydrogens (tertiary/aromatic N) is 2. The van der Waals surface area contributed by atoms with Crippen molar-refractivity contribution >= 4 is 26.7 Å². The highest BCUT2D eigenvalue weighted by Crippen LogP contribution is 2.25. The molecule has 1 N–H and O–H groups in total. The molecule has 3 rings (SSSR count). The third-order valence-electron chi connectivity index (χ3n) is 4.63. The number of carbonyl (C=O) groups is 1. The summed E-state index contributed by atoms with van der Waals surface area (Å²) >= 11 is 0. The summed E-state index contributed by atoms with van der Waals surface area (Å²) in [5.41, 5.74) is 1.12. The lowest BCUT2D eigenvalue weighted by Gasteiger charge is -2.22. The first-order valence-electron chi connectivity index (χ1n) is 9.66. The zero-order valence-electron chi connectivity index (χ0n) is 16.4. The van der Waals surface area contributed by atoms with Crippen LogP contribution in [0.25, 0.3) is 10.8 Å². The molecule has 1 amide bonds. The fraction of sp³-hybridized carbons (Fsp3) is 0.273. The molecule has 6 nitrogen and oxygen atoms in total. The smallest absolute Gasteiger partial charge is 0.244 e. The maximum Gasteiger partial charge on any atom is 0.244 e. The van der Waals surface area contributed by atoms with Crippen LogP contribution in [0, 0.1) is 0 Å². The molecule has 0 aliphatic carbocycles. The first-order valence-corrected chi connectivity index (χ1v) is 11.1. The number of hydrogen-bond acceptors (Lipinski definition) is 4. The van der Waals surface area contributed by atoms with Gasteiger partial charge in [0, 0.05) is 36.3 Å². The number of carbonyl (C=O) groups excluding carboxylic acids is 1. The van der Waals surface area contributed by atoms with Crippen LogP contribution in [0.4, 0.5) is 0 Å². The van der Waals surface area contributed by atoms with Gasteiger partial charge in [-0.2, -0.15) is 4.31 Å². The summed E-state index contributed by atoms with van der Waals surface area (Å²) in [6.45, 7) is 2.42. The predicted octanol–water partition coefficient (Wildman–Crippen LogP) is 2.99. The maximum atomic E-state index is 13.3. The van der Waals surface area contributed by atoms with Gasteiger partial charge in [0.1, 0.15) is 0 Å². The summed E-state index contributed by atoms with van der Waals surface area (Å²) in [6, 6.07) is 16.6. The zero-order chi connectivity index (χ0) is 20.7. The molecule has 0 bridgehead atoms. The van der Waals surface area contributed by atoms with E-state index in [0.717, 1.165) is 10.9 Å². The Morgan fingerprint density at radius 1 is 1.07 bits per heavy atom. The maximum absolute atomic E-state index is 13.3. The van der Waals surface area contributed by atoms with Crippen molar-refractivity contribution in [3.63, 3.8) is 0 Å². The highest BCUT2D eigenvalue weighted by Gasteiger charge is 2.27. The van der Waals surface area contributed by atoms with E-state index in [2.05, 4.69) is 10.3 Å². The predicted molar refractivity (Wildman–Crippen MR) is 114 cm³/mol. The number of amides is 1. The largest absolute Gasteiger partial charge is 0.355 e. The van der Waals surface area contributed by atoms with Gasteiger partial charge in [-0.3, -0.25) is 9.78 Å². The molecule has 7 heteroatoms. The van der Waals surface area contributed by atoms with E-state index in [0.29, 0.717) is 24.8 Å². The highest BCUT2D eigenvalue weighted by molar-refractivity contribution is 7.89. The van der Waals surface area contributed by atoms with E-state index in [1.165, 1.54) is 4.31 Å². The summed E-state index contributed by atoms with van der Waals surface area (Å²) in [6.07, 6.45) is 4.52.